The van der Waals surface area contributed by atoms with E-state index in [0.717, 1.165) is 50.9 Å². The summed E-state index contributed by atoms with van der Waals surface area (Å²) < 4.78 is 13.5. The van der Waals surface area contributed by atoms with E-state index in [9.17, 15) is 0 Å². The van der Waals surface area contributed by atoms with E-state index in [2.05, 4.69) is 61.2 Å². The zero-order valence-electron chi connectivity index (χ0n) is 16.4. The highest BCUT2D eigenvalue weighted by Crippen LogP contribution is 2.27. The number of hydrogen-bond acceptors (Lipinski definition) is 5. The highest BCUT2D eigenvalue weighted by Gasteiger charge is 2.34. The second-order valence-corrected chi connectivity index (χ2v) is 8.72. The van der Waals surface area contributed by atoms with Crippen LogP contribution < -0.4 is 4.90 Å². The summed E-state index contributed by atoms with van der Waals surface area (Å²) >= 11 is 0. The Hall–Kier alpha value is -1.14. The number of hydrogen-bond donors (Lipinski definition) is 0. The second kappa shape index (κ2) is 7.40. The molecule has 138 valence electrons. The van der Waals surface area contributed by atoms with E-state index < -0.39 is 0 Å². The van der Waals surface area contributed by atoms with Crippen LogP contribution in [0.3, 0.4) is 0 Å². The van der Waals surface area contributed by atoms with Gasteiger partial charge in [-0.2, -0.15) is 0 Å². The van der Waals surface area contributed by atoms with Crippen molar-refractivity contribution in [2.45, 2.75) is 72.6 Å². The number of ether oxygens (including phenoxy) is 2. The molecule has 0 aliphatic carbocycles. The lowest BCUT2D eigenvalue weighted by atomic mass is 9.92. The largest absolute Gasteiger partial charge is 0.385 e. The molecular weight excluding hydrogens is 304 g/mol. The highest BCUT2D eigenvalue weighted by molar-refractivity contribution is 5.33. The number of aromatic nitrogens is 3. The van der Waals surface area contributed by atoms with Gasteiger partial charge in [-0.05, 0) is 32.6 Å². The lowest BCUT2D eigenvalue weighted by molar-refractivity contribution is -0.0755. The molecule has 0 radical (unpaired) electrons. The molecule has 0 saturated carbocycles. The van der Waals surface area contributed by atoms with E-state index in [4.69, 9.17) is 9.47 Å². The third kappa shape index (κ3) is 5.18. The number of anilines is 1. The van der Waals surface area contributed by atoms with Gasteiger partial charge in [-0.25, -0.2) is 0 Å². The first-order chi connectivity index (χ1) is 11.1. The van der Waals surface area contributed by atoms with Gasteiger partial charge in [0, 0.05) is 39.8 Å². The molecule has 1 aliphatic rings. The fraction of sp³-hybridized carbons (Fsp3) is 0.889. The standard InChI is InChI=1S/C18H34N4O2/c1-14-12-21(13-18(5,6)24-14)16-20-19-15(11-17(2,3)4)22(16)9-8-10-23-7/h14H,8-13H2,1-7H3. The molecule has 6 heteroatoms. The molecule has 1 atom stereocenters. The van der Waals surface area contributed by atoms with Crippen LogP contribution in [-0.2, 0) is 22.4 Å². The number of morpholine rings is 1. The maximum absolute atomic E-state index is 6.03. The summed E-state index contributed by atoms with van der Waals surface area (Å²) in [6.07, 6.45) is 2.06. The van der Waals surface area contributed by atoms with Gasteiger partial charge in [-0.3, -0.25) is 4.57 Å². The lowest BCUT2D eigenvalue weighted by Crippen LogP contribution is -2.52. The molecule has 1 unspecified atom stereocenters. The first-order valence-electron chi connectivity index (χ1n) is 8.95. The molecule has 0 amide bonds. The van der Waals surface area contributed by atoms with Crippen molar-refractivity contribution in [2.24, 2.45) is 5.41 Å². The van der Waals surface area contributed by atoms with Crippen molar-refractivity contribution in [3.05, 3.63) is 5.82 Å². The average molecular weight is 338 g/mol. The van der Waals surface area contributed by atoms with Gasteiger partial charge in [0.25, 0.3) is 0 Å². The predicted octanol–water partition coefficient (Wildman–Crippen LogP) is 2.91. The van der Waals surface area contributed by atoms with Crippen molar-refractivity contribution in [2.75, 3.05) is 31.7 Å². The van der Waals surface area contributed by atoms with Gasteiger partial charge in [0.2, 0.25) is 5.95 Å². The summed E-state index contributed by atoms with van der Waals surface area (Å²) in [5, 5.41) is 9.06. The van der Waals surface area contributed by atoms with Crippen LogP contribution in [0.4, 0.5) is 5.95 Å². The quantitative estimate of drug-likeness (QED) is 0.747. The number of methoxy groups -OCH3 is 1. The van der Waals surface area contributed by atoms with Crippen molar-refractivity contribution >= 4 is 5.95 Å². The summed E-state index contributed by atoms with van der Waals surface area (Å²) in [6.45, 7) is 16.4. The Balaban J connectivity index is 2.27. The molecule has 1 aromatic heterocycles. The van der Waals surface area contributed by atoms with Crippen LogP contribution >= 0.6 is 0 Å². The Morgan fingerprint density at radius 1 is 1.29 bits per heavy atom. The van der Waals surface area contributed by atoms with Gasteiger partial charge in [0.05, 0.1) is 11.7 Å². The summed E-state index contributed by atoms with van der Waals surface area (Å²) in [5.41, 5.74) is 0.00600. The van der Waals surface area contributed by atoms with Crippen molar-refractivity contribution in [3.63, 3.8) is 0 Å². The minimum absolute atomic E-state index is 0.175. The van der Waals surface area contributed by atoms with E-state index in [1.807, 2.05) is 0 Å². The van der Waals surface area contributed by atoms with E-state index >= 15 is 0 Å². The van der Waals surface area contributed by atoms with Gasteiger partial charge < -0.3 is 14.4 Å². The minimum Gasteiger partial charge on any atom is -0.385 e. The molecule has 24 heavy (non-hydrogen) atoms. The van der Waals surface area contributed by atoms with Gasteiger partial charge in [-0.15, -0.1) is 10.2 Å². The summed E-state index contributed by atoms with van der Waals surface area (Å²) in [7, 11) is 1.75. The molecule has 1 fully saturated rings. The van der Waals surface area contributed by atoms with Crippen LogP contribution in [0.25, 0.3) is 0 Å². The van der Waals surface area contributed by atoms with Crippen molar-refractivity contribution in [1.82, 2.24) is 14.8 Å². The fourth-order valence-corrected chi connectivity index (χ4v) is 3.37. The fourth-order valence-electron chi connectivity index (χ4n) is 3.37. The summed E-state index contributed by atoms with van der Waals surface area (Å²) in [6, 6.07) is 0. The van der Waals surface area contributed by atoms with Crippen molar-refractivity contribution in [1.29, 1.82) is 0 Å². The first kappa shape index (κ1) is 19.2. The first-order valence-corrected chi connectivity index (χ1v) is 8.95. The van der Waals surface area contributed by atoms with Crippen LogP contribution in [0.5, 0.6) is 0 Å². The molecule has 1 saturated heterocycles. The van der Waals surface area contributed by atoms with Crippen LogP contribution in [-0.4, -0.2) is 53.3 Å². The van der Waals surface area contributed by atoms with Crippen LogP contribution in [0.2, 0.25) is 0 Å². The molecule has 2 rings (SSSR count). The third-order valence-electron chi connectivity index (χ3n) is 4.08. The van der Waals surface area contributed by atoms with Crippen molar-refractivity contribution in [3.8, 4) is 0 Å². The average Bonchev–Trinajstić information content (AvgIpc) is 2.78. The summed E-state index contributed by atoms with van der Waals surface area (Å²) in [4.78, 5) is 2.32. The Bertz CT molecular complexity index is 534. The highest BCUT2D eigenvalue weighted by atomic mass is 16.5. The maximum atomic E-state index is 6.03. The predicted molar refractivity (Wildman–Crippen MR) is 96.5 cm³/mol. The second-order valence-electron chi connectivity index (χ2n) is 8.72. The SMILES string of the molecule is COCCCn1c(CC(C)(C)C)nnc1N1CC(C)OC(C)(C)C1. The maximum Gasteiger partial charge on any atom is 0.227 e. The molecular formula is C18H34N4O2. The van der Waals surface area contributed by atoms with Crippen molar-refractivity contribution < 1.29 is 9.47 Å². The molecule has 0 aromatic carbocycles. The third-order valence-corrected chi connectivity index (χ3v) is 4.08. The molecule has 0 N–H and O–H groups in total. The smallest absolute Gasteiger partial charge is 0.227 e. The topological polar surface area (TPSA) is 52.4 Å². The molecule has 1 aromatic rings. The molecule has 0 bridgehead atoms. The lowest BCUT2D eigenvalue weighted by Gasteiger charge is -2.42. The monoisotopic (exact) mass is 338 g/mol. The molecule has 0 spiro atoms. The zero-order chi connectivity index (χ0) is 18.0. The number of rotatable bonds is 6. The van der Waals surface area contributed by atoms with E-state index in [1.54, 1.807) is 7.11 Å². The van der Waals surface area contributed by atoms with E-state index in [1.165, 1.54) is 0 Å². The van der Waals surface area contributed by atoms with Crippen LogP contribution in [0.15, 0.2) is 0 Å². The van der Waals surface area contributed by atoms with Crippen LogP contribution in [0.1, 0.15) is 53.8 Å². The van der Waals surface area contributed by atoms with Crippen LogP contribution in [0, 0.1) is 5.41 Å². The minimum atomic E-state index is -0.175. The Morgan fingerprint density at radius 3 is 2.58 bits per heavy atom. The Morgan fingerprint density at radius 2 is 2.00 bits per heavy atom. The molecule has 6 nitrogen and oxygen atoms in total. The Labute approximate surface area is 146 Å². The molecule has 2 heterocycles. The zero-order valence-corrected chi connectivity index (χ0v) is 16.4. The van der Waals surface area contributed by atoms with Gasteiger partial charge >= 0.3 is 0 Å². The van der Waals surface area contributed by atoms with Gasteiger partial charge in [0.1, 0.15) is 5.82 Å². The number of nitrogens with zero attached hydrogens (tertiary/aromatic N) is 4. The van der Waals surface area contributed by atoms with E-state index in [-0.39, 0.29) is 17.1 Å². The summed E-state index contributed by atoms with van der Waals surface area (Å²) in [5.74, 6) is 2.03. The Kier molecular flexibility index (Phi) is 5.91. The van der Waals surface area contributed by atoms with Gasteiger partial charge in [-0.1, -0.05) is 20.8 Å². The van der Waals surface area contributed by atoms with Gasteiger partial charge in [0.15, 0.2) is 0 Å². The molecule has 1 aliphatic heterocycles. The van der Waals surface area contributed by atoms with E-state index in [0.29, 0.717) is 0 Å². The normalized spacial score (nSPS) is 21.3.